The van der Waals surface area contributed by atoms with Crippen LogP contribution in [0.1, 0.15) is 62.3 Å². The van der Waals surface area contributed by atoms with Gasteiger partial charge in [-0.1, -0.05) is 13.8 Å². The van der Waals surface area contributed by atoms with Gasteiger partial charge in [0, 0.05) is 0 Å². The number of carbonyl (C=O) groups is 5. The lowest BCUT2D eigenvalue weighted by atomic mass is 9.68. The largest absolute Gasteiger partial charge is 0.467 e. The number of esters is 3. The van der Waals surface area contributed by atoms with Gasteiger partial charge in [-0.2, -0.15) is 0 Å². The number of amides is 1. The zero-order valence-electron chi connectivity index (χ0n) is 19.4. The highest BCUT2D eigenvalue weighted by Gasteiger charge is 2.76. The van der Waals surface area contributed by atoms with Crippen molar-refractivity contribution in [2.75, 3.05) is 7.11 Å². The van der Waals surface area contributed by atoms with Crippen LogP contribution in [0.4, 0.5) is 0 Å². The molecule has 1 saturated heterocycles. The number of hydrogen-bond acceptors (Lipinski definition) is 8. The van der Waals surface area contributed by atoms with Gasteiger partial charge in [0.05, 0.1) is 7.11 Å². The molecule has 9 heteroatoms. The number of ketones is 1. The molecule has 1 heterocycles. The smallest absolute Gasteiger partial charge is 0.345 e. The molecule has 9 nitrogen and oxygen atoms in total. The maximum absolute atomic E-state index is 13.4. The topological polar surface area (TPSA) is 116 Å². The van der Waals surface area contributed by atoms with E-state index < -0.39 is 64.2 Å². The summed E-state index contributed by atoms with van der Waals surface area (Å²) in [5.74, 6) is -6.80. The second-order valence-electron chi connectivity index (χ2n) is 9.73. The third-order valence-corrected chi connectivity index (χ3v) is 4.46. The first-order valence-corrected chi connectivity index (χ1v) is 9.80. The van der Waals surface area contributed by atoms with Crippen molar-refractivity contribution < 1.29 is 38.2 Å². The molecule has 0 N–H and O–H groups in total. The first-order chi connectivity index (χ1) is 13.4. The van der Waals surface area contributed by atoms with Gasteiger partial charge < -0.3 is 19.1 Å². The Morgan fingerprint density at radius 3 is 1.60 bits per heavy atom. The van der Waals surface area contributed by atoms with Crippen molar-refractivity contribution in [2.24, 2.45) is 11.8 Å². The number of ether oxygens (including phenoxy) is 3. The number of rotatable bonds is 6. The molecule has 1 fully saturated rings. The molecular weight excluding hydrogens is 394 g/mol. The van der Waals surface area contributed by atoms with Gasteiger partial charge in [0.15, 0.2) is 0 Å². The van der Waals surface area contributed by atoms with Crippen LogP contribution in [0.15, 0.2) is 0 Å². The van der Waals surface area contributed by atoms with Crippen molar-refractivity contribution in [1.29, 1.82) is 0 Å². The Balaban J connectivity index is 3.80. The molecule has 2 unspecified atom stereocenters. The van der Waals surface area contributed by atoms with Gasteiger partial charge in [-0.15, -0.1) is 0 Å². The number of hydrogen-bond donors (Lipinski definition) is 0. The van der Waals surface area contributed by atoms with Crippen molar-refractivity contribution in [1.82, 2.24) is 4.90 Å². The average molecular weight is 427 g/mol. The average Bonchev–Trinajstić information content (AvgIpc) is 2.51. The number of methoxy groups -OCH3 is 1. The Bertz CT molecular complexity index is 713. The molecule has 1 aliphatic heterocycles. The van der Waals surface area contributed by atoms with Crippen LogP contribution < -0.4 is 0 Å². The lowest BCUT2D eigenvalue weighted by molar-refractivity contribution is -0.219. The van der Waals surface area contributed by atoms with E-state index in [1.165, 1.54) is 0 Å². The monoisotopic (exact) mass is 427 g/mol. The van der Waals surface area contributed by atoms with E-state index >= 15 is 0 Å². The lowest BCUT2D eigenvalue weighted by Crippen LogP contribution is -2.83. The Labute approximate surface area is 177 Å². The molecule has 170 valence electrons. The summed E-state index contributed by atoms with van der Waals surface area (Å²) in [6.07, 6.45) is 0. The van der Waals surface area contributed by atoms with Crippen LogP contribution in [0.5, 0.6) is 0 Å². The van der Waals surface area contributed by atoms with Crippen LogP contribution in [-0.4, -0.2) is 64.4 Å². The summed E-state index contributed by atoms with van der Waals surface area (Å²) in [6.45, 7) is 13.9. The zero-order valence-corrected chi connectivity index (χ0v) is 19.4. The standard InChI is InChI=1S/C21H33NO8/c1-11(2)14(16(25)28-10)22-15(24)13(12(3)23)21(22,17(26)29-19(4,5)6)18(27)30-20(7,8)9/h11,13-14H,1-10H3. The maximum Gasteiger partial charge on any atom is 0.345 e. The normalized spacial score (nSPS) is 19.6. The fraction of sp³-hybridized carbons (Fsp3) is 0.762. The summed E-state index contributed by atoms with van der Waals surface area (Å²) in [7, 11) is 1.13. The number of nitrogens with zero attached hydrogens (tertiary/aromatic N) is 1. The summed E-state index contributed by atoms with van der Waals surface area (Å²) < 4.78 is 15.7. The minimum Gasteiger partial charge on any atom is -0.467 e. The van der Waals surface area contributed by atoms with E-state index in [9.17, 15) is 24.0 Å². The van der Waals surface area contributed by atoms with E-state index in [1.807, 2.05) is 0 Å². The van der Waals surface area contributed by atoms with Crippen LogP contribution in [0.2, 0.25) is 0 Å². The van der Waals surface area contributed by atoms with Gasteiger partial charge in [0.1, 0.15) is 28.9 Å². The number of likely N-dealkylation sites (tertiary alicyclic amines) is 1. The molecule has 2 atom stereocenters. The summed E-state index contributed by atoms with van der Waals surface area (Å²) in [6, 6.07) is -1.29. The molecule has 1 amide bonds. The predicted octanol–water partition coefficient (Wildman–Crippen LogP) is 1.65. The molecule has 30 heavy (non-hydrogen) atoms. The number of β-lactam (4-membered cyclic amide) rings is 1. The SMILES string of the molecule is COC(=O)C(C(C)C)N1C(=O)C(C(C)=O)C1(C(=O)OC(C)(C)C)C(=O)OC(C)(C)C. The Hall–Kier alpha value is -2.45. The van der Waals surface area contributed by atoms with E-state index in [0.29, 0.717) is 0 Å². The highest BCUT2D eigenvalue weighted by Crippen LogP contribution is 2.45. The molecule has 0 aromatic heterocycles. The predicted molar refractivity (Wildman–Crippen MR) is 106 cm³/mol. The molecule has 0 aromatic rings. The van der Waals surface area contributed by atoms with Gasteiger partial charge in [0.25, 0.3) is 5.54 Å². The van der Waals surface area contributed by atoms with Gasteiger partial charge in [-0.05, 0) is 54.4 Å². The molecule has 0 bridgehead atoms. The van der Waals surface area contributed by atoms with Crippen molar-refractivity contribution in [3.8, 4) is 0 Å². The fourth-order valence-corrected chi connectivity index (χ4v) is 3.41. The van der Waals surface area contributed by atoms with Gasteiger partial charge >= 0.3 is 17.9 Å². The van der Waals surface area contributed by atoms with Gasteiger partial charge in [-0.3, -0.25) is 9.59 Å². The zero-order chi connectivity index (χ0) is 23.8. The summed E-state index contributed by atoms with van der Waals surface area (Å²) >= 11 is 0. The summed E-state index contributed by atoms with van der Waals surface area (Å²) in [5.41, 5.74) is -4.49. The maximum atomic E-state index is 13.4. The van der Waals surface area contributed by atoms with Crippen molar-refractivity contribution in [2.45, 2.75) is 85.1 Å². The fourth-order valence-electron chi connectivity index (χ4n) is 3.41. The Morgan fingerprint density at radius 1 is 0.933 bits per heavy atom. The van der Waals surface area contributed by atoms with Crippen LogP contribution in [0.3, 0.4) is 0 Å². The highest BCUT2D eigenvalue weighted by molar-refractivity contribution is 6.25. The minimum atomic E-state index is -2.42. The van der Waals surface area contributed by atoms with Crippen LogP contribution >= 0.6 is 0 Å². The van der Waals surface area contributed by atoms with E-state index in [4.69, 9.17) is 14.2 Å². The molecular formula is C21H33NO8. The van der Waals surface area contributed by atoms with Crippen molar-refractivity contribution in [3.63, 3.8) is 0 Å². The van der Waals surface area contributed by atoms with E-state index in [0.717, 1.165) is 18.9 Å². The molecule has 0 saturated carbocycles. The number of carbonyl (C=O) groups excluding carboxylic acids is 5. The second-order valence-corrected chi connectivity index (χ2v) is 9.73. The van der Waals surface area contributed by atoms with Crippen molar-refractivity contribution in [3.05, 3.63) is 0 Å². The minimum absolute atomic E-state index is 0.529. The Kier molecular flexibility index (Phi) is 7.12. The third-order valence-electron chi connectivity index (χ3n) is 4.46. The molecule has 0 aliphatic carbocycles. The lowest BCUT2D eigenvalue weighted by Gasteiger charge is -2.55. The number of Topliss-reactive ketones (excluding diaryl/α,β-unsaturated/α-hetero) is 1. The summed E-state index contributed by atoms with van der Waals surface area (Å²) in [5, 5.41) is 0. The first-order valence-electron chi connectivity index (χ1n) is 9.80. The van der Waals surface area contributed by atoms with Gasteiger partial charge in [0.2, 0.25) is 5.91 Å². The first kappa shape index (κ1) is 25.6. The second kappa shape index (κ2) is 8.35. The molecule has 0 aromatic carbocycles. The van der Waals surface area contributed by atoms with E-state index in [1.54, 1.807) is 55.4 Å². The van der Waals surface area contributed by atoms with Crippen LogP contribution in [0, 0.1) is 11.8 Å². The Morgan fingerprint density at radius 2 is 1.33 bits per heavy atom. The van der Waals surface area contributed by atoms with E-state index in [-0.39, 0.29) is 0 Å². The molecule has 0 radical (unpaired) electrons. The van der Waals surface area contributed by atoms with Crippen LogP contribution in [-0.2, 0) is 38.2 Å². The third kappa shape index (κ3) is 4.65. The van der Waals surface area contributed by atoms with Crippen molar-refractivity contribution >= 4 is 29.6 Å². The van der Waals surface area contributed by atoms with E-state index in [2.05, 4.69) is 0 Å². The quantitative estimate of drug-likeness (QED) is 0.272. The van der Waals surface area contributed by atoms with Crippen LogP contribution in [0.25, 0.3) is 0 Å². The van der Waals surface area contributed by atoms with Gasteiger partial charge in [-0.25, -0.2) is 14.4 Å². The molecule has 1 rings (SSSR count). The molecule has 1 aliphatic rings. The highest BCUT2D eigenvalue weighted by atomic mass is 16.6. The molecule has 0 spiro atoms. The summed E-state index contributed by atoms with van der Waals surface area (Å²) in [4.78, 5) is 65.5.